The van der Waals surface area contributed by atoms with Crippen molar-refractivity contribution in [3.8, 4) is 11.1 Å². The molecule has 0 saturated carbocycles. The van der Waals surface area contributed by atoms with Gasteiger partial charge in [0.15, 0.2) is 6.29 Å². The normalized spacial score (nSPS) is 10.1. The minimum atomic E-state index is 0.560. The Hall–Kier alpha value is -1.19. The molecule has 0 aliphatic rings. The van der Waals surface area contributed by atoms with Gasteiger partial charge in [-0.15, -0.1) is 11.3 Å². The van der Waals surface area contributed by atoms with E-state index >= 15 is 0 Å². The summed E-state index contributed by atoms with van der Waals surface area (Å²) in [6.45, 7) is 0. The van der Waals surface area contributed by atoms with E-state index in [1.807, 2.05) is 11.4 Å². The summed E-state index contributed by atoms with van der Waals surface area (Å²) in [6.07, 6.45) is 3.99. The number of thiophene rings is 1. The van der Waals surface area contributed by atoms with Crippen molar-refractivity contribution in [3.05, 3.63) is 39.8 Å². The van der Waals surface area contributed by atoms with Gasteiger partial charge in [0.1, 0.15) is 4.34 Å². The Morgan fingerprint density at radius 2 is 2.29 bits per heavy atom. The van der Waals surface area contributed by atoms with E-state index in [1.54, 1.807) is 12.3 Å². The second kappa shape index (κ2) is 3.90. The van der Waals surface area contributed by atoms with Crippen LogP contribution in [-0.2, 0) is 0 Å². The lowest BCUT2D eigenvalue weighted by atomic mass is 10.1. The number of aldehydes is 1. The predicted molar refractivity (Wildman–Crippen MR) is 57.9 cm³/mol. The predicted octanol–water partition coefficient (Wildman–Crippen LogP) is 3.28. The highest BCUT2D eigenvalue weighted by Crippen LogP contribution is 2.32. The van der Waals surface area contributed by atoms with Gasteiger partial charge in [0.2, 0.25) is 0 Å². The number of pyridine rings is 1. The SMILES string of the molecule is O=Cc1cncc(-c2ccsc2Cl)c1. The van der Waals surface area contributed by atoms with Gasteiger partial charge in [-0.1, -0.05) is 11.6 Å². The molecule has 2 heterocycles. The van der Waals surface area contributed by atoms with Crippen LogP contribution in [0, 0.1) is 0 Å². The summed E-state index contributed by atoms with van der Waals surface area (Å²) in [5.41, 5.74) is 2.36. The van der Waals surface area contributed by atoms with Crippen molar-refractivity contribution in [3.63, 3.8) is 0 Å². The van der Waals surface area contributed by atoms with E-state index in [-0.39, 0.29) is 0 Å². The zero-order valence-corrected chi connectivity index (χ0v) is 8.68. The van der Waals surface area contributed by atoms with Crippen LogP contribution in [0.25, 0.3) is 11.1 Å². The number of hydrogen-bond donors (Lipinski definition) is 0. The molecule has 0 unspecified atom stereocenters. The van der Waals surface area contributed by atoms with Crippen LogP contribution in [0.15, 0.2) is 29.9 Å². The van der Waals surface area contributed by atoms with Crippen molar-refractivity contribution in [1.82, 2.24) is 4.98 Å². The fraction of sp³-hybridized carbons (Fsp3) is 0. The average molecular weight is 224 g/mol. The van der Waals surface area contributed by atoms with Gasteiger partial charge in [-0.05, 0) is 17.5 Å². The molecule has 0 N–H and O–H groups in total. The molecule has 14 heavy (non-hydrogen) atoms. The molecule has 0 aromatic carbocycles. The van der Waals surface area contributed by atoms with Crippen LogP contribution in [0.5, 0.6) is 0 Å². The third-order valence-corrected chi connectivity index (χ3v) is 2.99. The van der Waals surface area contributed by atoms with Crippen molar-refractivity contribution in [2.45, 2.75) is 0 Å². The molecular weight excluding hydrogens is 218 g/mol. The molecule has 0 aliphatic carbocycles. The summed E-state index contributed by atoms with van der Waals surface area (Å²) in [6, 6.07) is 3.69. The van der Waals surface area contributed by atoms with Crippen LogP contribution in [0.1, 0.15) is 10.4 Å². The van der Waals surface area contributed by atoms with Gasteiger partial charge in [-0.3, -0.25) is 9.78 Å². The summed E-state index contributed by atoms with van der Waals surface area (Å²) >= 11 is 7.43. The monoisotopic (exact) mass is 223 g/mol. The molecule has 2 rings (SSSR count). The number of nitrogens with zero attached hydrogens (tertiary/aromatic N) is 1. The van der Waals surface area contributed by atoms with Crippen LogP contribution in [0.2, 0.25) is 4.34 Å². The number of carbonyl (C=O) groups is 1. The molecule has 2 nitrogen and oxygen atoms in total. The highest BCUT2D eigenvalue weighted by molar-refractivity contribution is 7.15. The molecule has 0 spiro atoms. The van der Waals surface area contributed by atoms with E-state index in [2.05, 4.69) is 4.98 Å². The van der Waals surface area contributed by atoms with Gasteiger partial charge in [0, 0.05) is 29.1 Å². The van der Waals surface area contributed by atoms with E-state index in [4.69, 9.17) is 11.6 Å². The van der Waals surface area contributed by atoms with E-state index in [0.717, 1.165) is 21.7 Å². The lowest BCUT2D eigenvalue weighted by Gasteiger charge is -1.98. The quantitative estimate of drug-likeness (QED) is 0.732. The molecule has 0 saturated heterocycles. The Morgan fingerprint density at radius 3 is 2.93 bits per heavy atom. The van der Waals surface area contributed by atoms with Gasteiger partial charge in [-0.2, -0.15) is 0 Å². The Morgan fingerprint density at radius 1 is 1.43 bits per heavy atom. The van der Waals surface area contributed by atoms with E-state index in [9.17, 15) is 4.79 Å². The van der Waals surface area contributed by atoms with Gasteiger partial charge < -0.3 is 0 Å². The molecule has 0 atom stereocenters. The number of carbonyl (C=O) groups excluding carboxylic acids is 1. The summed E-state index contributed by atoms with van der Waals surface area (Å²) in [5.74, 6) is 0. The topological polar surface area (TPSA) is 30.0 Å². The molecule has 0 amide bonds. The van der Waals surface area contributed by atoms with Gasteiger partial charge in [0.05, 0.1) is 0 Å². The summed E-state index contributed by atoms with van der Waals surface area (Å²) in [5, 5.41) is 1.91. The second-order valence-corrected chi connectivity index (χ2v) is 4.25. The first-order chi connectivity index (χ1) is 6.81. The molecule has 0 bridgehead atoms. The molecule has 0 radical (unpaired) electrons. The Kier molecular flexibility index (Phi) is 2.61. The highest BCUT2D eigenvalue weighted by Gasteiger charge is 2.05. The van der Waals surface area contributed by atoms with Gasteiger partial charge >= 0.3 is 0 Å². The second-order valence-electron chi connectivity index (χ2n) is 2.73. The summed E-state index contributed by atoms with van der Waals surface area (Å²) in [4.78, 5) is 14.5. The molecular formula is C10H6ClNOS. The molecule has 4 heteroatoms. The third kappa shape index (κ3) is 1.69. The summed E-state index contributed by atoms with van der Waals surface area (Å²) < 4.78 is 0.717. The van der Waals surface area contributed by atoms with Crippen LogP contribution >= 0.6 is 22.9 Å². The zero-order chi connectivity index (χ0) is 9.97. The maximum atomic E-state index is 10.5. The molecule has 0 fully saturated rings. The Bertz CT molecular complexity index is 467. The van der Waals surface area contributed by atoms with Crippen LogP contribution in [0.4, 0.5) is 0 Å². The lowest BCUT2D eigenvalue weighted by molar-refractivity contribution is 0.112. The molecule has 70 valence electrons. The van der Waals surface area contributed by atoms with E-state index in [0.29, 0.717) is 5.56 Å². The minimum absolute atomic E-state index is 0.560. The van der Waals surface area contributed by atoms with E-state index < -0.39 is 0 Å². The maximum Gasteiger partial charge on any atom is 0.151 e. The summed E-state index contributed by atoms with van der Waals surface area (Å²) in [7, 11) is 0. The first-order valence-electron chi connectivity index (χ1n) is 3.95. The van der Waals surface area contributed by atoms with Gasteiger partial charge in [-0.25, -0.2) is 0 Å². The minimum Gasteiger partial charge on any atom is -0.298 e. The van der Waals surface area contributed by atoms with Crippen molar-refractivity contribution in [2.24, 2.45) is 0 Å². The molecule has 2 aromatic heterocycles. The lowest BCUT2D eigenvalue weighted by Crippen LogP contribution is -1.84. The average Bonchev–Trinajstić information content (AvgIpc) is 2.65. The fourth-order valence-corrected chi connectivity index (χ4v) is 2.13. The largest absolute Gasteiger partial charge is 0.298 e. The van der Waals surface area contributed by atoms with Crippen molar-refractivity contribution < 1.29 is 4.79 Å². The number of rotatable bonds is 2. The Balaban J connectivity index is 2.52. The smallest absolute Gasteiger partial charge is 0.151 e. The van der Waals surface area contributed by atoms with Crippen molar-refractivity contribution in [1.29, 1.82) is 0 Å². The van der Waals surface area contributed by atoms with E-state index in [1.165, 1.54) is 17.5 Å². The van der Waals surface area contributed by atoms with Crippen molar-refractivity contribution >= 4 is 29.2 Å². The standard InChI is InChI=1S/C10H6ClNOS/c11-10-9(1-2-14-10)8-3-7(6-13)4-12-5-8/h1-6H. The van der Waals surface area contributed by atoms with Gasteiger partial charge in [0.25, 0.3) is 0 Å². The first-order valence-corrected chi connectivity index (χ1v) is 5.20. The van der Waals surface area contributed by atoms with Crippen LogP contribution in [0.3, 0.4) is 0 Å². The zero-order valence-electron chi connectivity index (χ0n) is 7.11. The number of aromatic nitrogens is 1. The van der Waals surface area contributed by atoms with Crippen LogP contribution in [-0.4, -0.2) is 11.3 Å². The van der Waals surface area contributed by atoms with Crippen LogP contribution < -0.4 is 0 Å². The number of halogens is 1. The fourth-order valence-electron chi connectivity index (χ4n) is 1.17. The maximum absolute atomic E-state index is 10.5. The highest BCUT2D eigenvalue weighted by atomic mass is 35.5. The number of hydrogen-bond acceptors (Lipinski definition) is 3. The first kappa shape index (κ1) is 9.37. The van der Waals surface area contributed by atoms with Crippen molar-refractivity contribution in [2.75, 3.05) is 0 Å². The Labute approximate surface area is 90.2 Å². The molecule has 0 aliphatic heterocycles. The third-order valence-electron chi connectivity index (χ3n) is 1.82. The molecule has 2 aromatic rings.